The highest BCUT2D eigenvalue weighted by molar-refractivity contribution is 5.89. The summed E-state index contributed by atoms with van der Waals surface area (Å²) >= 11 is 0. The molecule has 2 aliphatic heterocycles. The Kier molecular flexibility index (Phi) is 6.05. The second-order valence-electron chi connectivity index (χ2n) is 6.94. The van der Waals surface area contributed by atoms with Crippen molar-refractivity contribution < 1.29 is 38.4 Å². The molecule has 2 saturated heterocycles. The van der Waals surface area contributed by atoms with Gasteiger partial charge in [-0.15, -0.1) is 0 Å². The summed E-state index contributed by atoms with van der Waals surface area (Å²) in [6.07, 6.45) is -0.557. The first-order chi connectivity index (χ1) is 14.5. The van der Waals surface area contributed by atoms with E-state index in [1.807, 2.05) is 0 Å². The number of carbonyl (C=O) groups excluding carboxylic acids is 2. The normalized spacial score (nSPS) is 26.1. The number of esters is 2. The van der Waals surface area contributed by atoms with E-state index >= 15 is 0 Å². The van der Waals surface area contributed by atoms with Gasteiger partial charge in [-0.3, -0.25) is 9.78 Å². The van der Waals surface area contributed by atoms with E-state index in [0.717, 1.165) is 0 Å². The SMILES string of the molecule is CC(=O)Oc1ccccc1C(O)OC1COC2C(OC(=O)c3cccnc3)COC12. The molecule has 0 aliphatic carbocycles. The molecule has 3 heterocycles. The standard InChI is InChI=1S/C21H21NO8/c1-12(23)28-15-7-3-2-6-14(15)21(25)30-17-11-27-18-16(10-26-19(17)18)29-20(24)13-5-4-8-22-9-13/h2-9,16-19,21,25H,10-11H2,1H3. The van der Waals surface area contributed by atoms with Crippen LogP contribution in [0.1, 0.15) is 29.1 Å². The van der Waals surface area contributed by atoms with Crippen LogP contribution in [-0.4, -0.2) is 59.7 Å². The maximum absolute atomic E-state index is 12.3. The second-order valence-corrected chi connectivity index (χ2v) is 6.94. The number of hydrogen-bond acceptors (Lipinski definition) is 9. The zero-order valence-electron chi connectivity index (χ0n) is 16.2. The average Bonchev–Trinajstić information content (AvgIpc) is 3.32. The topological polar surface area (TPSA) is 113 Å². The Labute approximate surface area is 172 Å². The number of hydrogen-bond donors (Lipinski definition) is 1. The Balaban J connectivity index is 1.38. The van der Waals surface area contributed by atoms with Crippen molar-refractivity contribution in [3.05, 3.63) is 59.9 Å². The predicted octanol–water partition coefficient (Wildman–Crippen LogP) is 1.41. The zero-order valence-corrected chi connectivity index (χ0v) is 16.2. The summed E-state index contributed by atoms with van der Waals surface area (Å²) in [4.78, 5) is 27.5. The molecule has 1 aromatic carbocycles. The largest absolute Gasteiger partial charge is 0.453 e. The monoisotopic (exact) mass is 415 g/mol. The molecule has 5 unspecified atom stereocenters. The maximum Gasteiger partial charge on any atom is 0.340 e. The highest BCUT2D eigenvalue weighted by atomic mass is 16.7. The van der Waals surface area contributed by atoms with E-state index < -0.39 is 42.6 Å². The first-order valence-electron chi connectivity index (χ1n) is 9.48. The van der Waals surface area contributed by atoms with Gasteiger partial charge in [0.1, 0.15) is 24.1 Å². The van der Waals surface area contributed by atoms with Crippen LogP contribution in [0.5, 0.6) is 5.75 Å². The molecule has 9 nitrogen and oxygen atoms in total. The fourth-order valence-corrected chi connectivity index (χ4v) is 3.51. The fraction of sp³-hybridized carbons (Fsp3) is 0.381. The number of rotatable bonds is 6. The smallest absolute Gasteiger partial charge is 0.340 e. The molecular formula is C21H21NO8. The number of aliphatic hydroxyl groups is 1. The lowest BCUT2D eigenvalue weighted by Gasteiger charge is -2.22. The van der Waals surface area contributed by atoms with Crippen LogP contribution >= 0.6 is 0 Å². The quantitative estimate of drug-likeness (QED) is 0.425. The third kappa shape index (κ3) is 4.34. The van der Waals surface area contributed by atoms with Crippen LogP contribution in [-0.2, 0) is 23.7 Å². The van der Waals surface area contributed by atoms with Crippen LogP contribution in [0.3, 0.4) is 0 Å². The van der Waals surface area contributed by atoms with Crippen molar-refractivity contribution in [3.63, 3.8) is 0 Å². The van der Waals surface area contributed by atoms with Crippen LogP contribution in [0, 0.1) is 0 Å². The molecule has 0 radical (unpaired) electrons. The second kappa shape index (κ2) is 8.88. The van der Waals surface area contributed by atoms with E-state index in [2.05, 4.69) is 4.98 Å². The number of nitrogens with zero attached hydrogens (tertiary/aromatic N) is 1. The van der Waals surface area contributed by atoms with Crippen molar-refractivity contribution in [1.82, 2.24) is 4.98 Å². The van der Waals surface area contributed by atoms with Crippen molar-refractivity contribution >= 4 is 11.9 Å². The van der Waals surface area contributed by atoms with E-state index in [9.17, 15) is 14.7 Å². The lowest BCUT2D eigenvalue weighted by molar-refractivity contribution is -0.163. The summed E-state index contributed by atoms with van der Waals surface area (Å²) in [5.41, 5.74) is 0.651. The third-order valence-corrected chi connectivity index (χ3v) is 4.86. The fourth-order valence-electron chi connectivity index (χ4n) is 3.51. The third-order valence-electron chi connectivity index (χ3n) is 4.86. The van der Waals surface area contributed by atoms with E-state index in [0.29, 0.717) is 11.1 Å². The van der Waals surface area contributed by atoms with E-state index in [4.69, 9.17) is 23.7 Å². The number of aromatic nitrogens is 1. The Bertz CT molecular complexity index is 905. The summed E-state index contributed by atoms with van der Waals surface area (Å²) in [6.45, 7) is 1.59. The van der Waals surface area contributed by atoms with E-state index in [-0.39, 0.29) is 19.0 Å². The highest BCUT2D eigenvalue weighted by Crippen LogP contribution is 2.34. The van der Waals surface area contributed by atoms with E-state index in [1.165, 1.54) is 13.1 Å². The van der Waals surface area contributed by atoms with Crippen molar-refractivity contribution in [2.75, 3.05) is 13.2 Å². The van der Waals surface area contributed by atoms with Gasteiger partial charge in [0.05, 0.1) is 24.3 Å². The molecule has 4 rings (SSSR count). The summed E-state index contributed by atoms with van der Waals surface area (Å²) < 4.78 is 27.8. The molecule has 30 heavy (non-hydrogen) atoms. The minimum absolute atomic E-state index is 0.154. The van der Waals surface area contributed by atoms with Crippen molar-refractivity contribution in [1.29, 1.82) is 0 Å². The molecule has 0 bridgehead atoms. The van der Waals surface area contributed by atoms with Crippen LogP contribution in [0.2, 0.25) is 0 Å². The van der Waals surface area contributed by atoms with Gasteiger partial charge in [0.2, 0.25) is 0 Å². The molecule has 1 aromatic heterocycles. The molecule has 2 fully saturated rings. The molecule has 158 valence electrons. The number of carbonyl (C=O) groups is 2. The first-order valence-corrected chi connectivity index (χ1v) is 9.48. The van der Waals surface area contributed by atoms with Crippen LogP contribution < -0.4 is 4.74 Å². The number of fused-ring (bicyclic) bond motifs is 1. The van der Waals surface area contributed by atoms with Gasteiger partial charge < -0.3 is 28.8 Å². The van der Waals surface area contributed by atoms with Crippen molar-refractivity contribution in [2.45, 2.75) is 37.6 Å². The van der Waals surface area contributed by atoms with Gasteiger partial charge >= 0.3 is 11.9 Å². The molecule has 5 atom stereocenters. The number of aliphatic hydroxyl groups excluding tert-OH is 1. The molecule has 2 aromatic rings. The molecule has 1 N–H and O–H groups in total. The number of para-hydroxylation sites is 1. The number of ether oxygens (including phenoxy) is 5. The summed E-state index contributed by atoms with van der Waals surface area (Å²) in [7, 11) is 0. The Morgan fingerprint density at radius 2 is 1.83 bits per heavy atom. The molecule has 2 aliphatic rings. The first kappa shape index (κ1) is 20.4. The van der Waals surface area contributed by atoms with Crippen LogP contribution in [0.15, 0.2) is 48.8 Å². The average molecular weight is 415 g/mol. The summed E-state index contributed by atoms with van der Waals surface area (Å²) in [5.74, 6) is -0.805. The van der Waals surface area contributed by atoms with Gasteiger partial charge in [-0.05, 0) is 18.2 Å². The lowest BCUT2D eigenvalue weighted by Crippen LogP contribution is -2.35. The van der Waals surface area contributed by atoms with Gasteiger partial charge in [-0.25, -0.2) is 4.79 Å². The summed E-state index contributed by atoms with van der Waals surface area (Å²) in [5, 5.41) is 10.5. The van der Waals surface area contributed by atoms with Gasteiger partial charge in [0.25, 0.3) is 0 Å². The predicted molar refractivity (Wildman–Crippen MR) is 101 cm³/mol. The molecule has 9 heteroatoms. The minimum Gasteiger partial charge on any atom is -0.453 e. The molecule has 0 spiro atoms. The minimum atomic E-state index is -1.35. The van der Waals surface area contributed by atoms with Crippen LogP contribution in [0.25, 0.3) is 0 Å². The van der Waals surface area contributed by atoms with Gasteiger partial charge in [0.15, 0.2) is 12.4 Å². The van der Waals surface area contributed by atoms with Crippen molar-refractivity contribution in [2.24, 2.45) is 0 Å². The highest BCUT2D eigenvalue weighted by Gasteiger charge is 2.50. The Morgan fingerprint density at radius 3 is 2.57 bits per heavy atom. The van der Waals surface area contributed by atoms with Gasteiger partial charge in [0, 0.05) is 19.3 Å². The van der Waals surface area contributed by atoms with E-state index in [1.54, 1.807) is 42.6 Å². The van der Waals surface area contributed by atoms with Crippen molar-refractivity contribution in [3.8, 4) is 5.75 Å². The maximum atomic E-state index is 12.3. The molecular weight excluding hydrogens is 394 g/mol. The van der Waals surface area contributed by atoms with Gasteiger partial charge in [-0.2, -0.15) is 0 Å². The lowest BCUT2D eigenvalue weighted by atomic mass is 10.1. The van der Waals surface area contributed by atoms with Crippen LogP contribution in [0.4, 0.5) is 0 Å². The Hall–Kier alpha value is -2.85. The Morgan fingerprint density at radius 1 is 1.10 bits per heavy atom. The number of pyridine rings is 1. The molecule has 0 amide bonds. The zero-order chi connectivity index (χ0) is 21.1. The van der Waals surface area contributed by atoms with Gasteiger partial charge in [-0.1, -0.05) is 18.2 Å². The number of benzene rings is 1. The molecule has 0 saturated carbocycles. The summed E-state index contributed by atoms with van der Waals surface area (Å²) in [6, 6.07) is 9.81.